The minimum atomic E-state index is -3.42. The van der Waals surface area contributed by atoms with Crippen LogP contribution in [0.4, 0.5) is 5.69 Å². The Morgan fingerprint density at radius 2 is 2.06 bits per heavy atom. The standard InChI is InChI=1S/C12H19NO4S/c1-9(2)6-7-18(15,16)13-11-5-4-10(17-3)8-12(11)14/h4-5,8-9,13-14H,6-7H2,1-3H3. The minimum absolute atomic E-state index is 0.0378. The highest BCUT2D eigenvalue weighted by Crippen LogP contribution is 2.28. The first-order valence-electron chi connectivity index (χ1n) is 5.71. The first-order chi connectivity index (χ1) is 8.34. The quantitative estimate of drug-likeness (QED) is 0.779. The van der Waals surface area contributed by atoms with Crippen molar-refractivity contribution in [3.05, 3.63) is 18.2 Å². The highest BCUT2D eigenvalue weighted by atomic mass is 32.2. The van der Waals surface area contributed by atoms with E-state index >= 15 is 0 Å². The van der Waals surface area contributed by atoms with Crippen LogP contribution >= 0.6 is 0 Å². The molecule has 0 saturated carbocycles. The van der Waals surface area contributed by atoms with E-state index in [0.29, 0.717) is 18.1 Å². The molecule has 0 radical (unpaired) electrons. The molecule has 2 N–H and O–H groups in total. The molecule has 0 amide bonds. The van der Waals surface area contributed by atoms with Crippen molar-refractivity contribution < 1.29 is 18.3 Å². The molecule has 0 fully saturated rings. The molecule has 0 bridgehead atoms. The van der Waals surface area contributed by atoms with E-state index in [1.54, 1.807) is 6.07 Å². The van der Waals surface area contributed by atoms with Crippen LogP contribution in [-0.4, -0.2) is 26.4 Å². The van der Waals surface area contributed by atoms with Gasteiger partial charge < -0.3 is 9.84 Å². The number of ether oxygens (including phenoxy) is 1. The zero-order valence-electron chi connectivity index (χ0n) is 10.8. The Kier molecular flexibility index (Phi) is 4.84. The monoisotopic (exact) mass is 273 g/mol. The smallest absolute Gasteiger partial charge is 0.232 e. The number of benzene rings is 1. The van der Waals surface area contributed by atoms with Gasteiger partial charge in [-0.1, -0.05) is 13.8 Å². The average molecular weight is 273 g/mol. The maximum atomic E-state index is 11.8. The third-order valence-electron chi connectivity index (χ3n) is 2.43. The minimum Gasteiger partial charge on any atom is -0.506 e. The molecular weight excluding hydrogens is 254 g/mol. The molecule has 0 aromatic heterocycles. The summed E-state index contributed by atoms with van der Waals surface area (Å²) in [5.74, 6) is 0.669. The summed E-state index contributed by atoms with van der Waals surface area (Å²) in [6.07, 6.45) is 0.576. The SMILES string of the molecule is COc1ccc(NS(=O)(=O)CCC(C)C)c(O)c1. The van der Waals surface area contributed by atoms with Crippen molar-refractivity contribution in [1.82, 2.24) is 0 Å². The van der Waals surface area contributed by atoms with Crippen molar-refractivity contribution in [2.45, 2.75) is 20.3 Å². The number of sulfonamides is 1. The second kappa shape index (κ2) is 5.95. The van der Waals surface area contributed by atoms with Crippen LogP contribution in [0.15, 0.2) is 18.2 Å². The van der Waals surface area contributed by atoms with Gasteiger partial charge in [-0.05, 0) is 24.5 Å². The third-order valence-corrected chi connectivity index (χ3v) is 3.74. The van der Waals surface area contributed by atoms with Gasteiger partial charge in [0.25, 0.3) is 0 Å². The summed E-state index contributed by atoms with van der Waals surface area (Å²) in [4.78, 5) is 0. The second-order valence-electron chi connectivity index (χ2n) is 4.49. The van der Waals surface area contributed by atoms with Crippen molar-refractivity contribution in [2.24, 2.45) is 5.92 Å². The zero-order valence-corrected chi connectivity index (χ0v) is 11.6. The lowest BCUT2D eigenvalue weighted by molar-refractivity contribution is 0.408. The first-order valence-corrected chi connectivity index (χ1v) is 7.37. The van der Waals surface area contributed by atoms with Gasteiger partial charge in [-0.2, -0.15) is 0 Å². The largest absolute Gasteiger partial charge is 0.506 e. The van der Waals surface area contributed by atoms with Gasteiger partial charge >= 0.3 is 0 Å². The molecule has 0 aliphatic rings. The van der Waals surface area contributed by atoms with Gasteiger partial charge in [-0.3, -0.25) is 4.72 Å². The number of phenolic OH excluding ortho intramolecular Hbond substituents is 1. The van der Waals surface area contributed by atoms with Crippen molar-refractivity contribution in [3.63, 3.8) is 0 Å². The van der Waals surface area contributed by atoms with Crippen molar-refractivity contribution in [2.75, 3.05) is 17.6 Å². The molecule has 0 atom stereocenters. The number of phenols is 1. The number of hydrogen-bond donors (Lipinski definition) is 2. The van der Waals surface area contributed by atoms with Gasteiger partial charge in [0.05, 0.1) is 18.6 Å². The zero-order chi connectivity index (χ0) is 13.8. The lowest BCUT2D eigenvalue weighted by Gasteiger charge is -2.11. The van der Waals surface area contributed by atoms with Gasteiger partial charge in [-0.25, -0.2) is 8.42 Å². The Morgan fingerprint density at radius 1 is 1.39 bits per heavy atom. The summed E-state index contributed by atoms with van der Waals surface area (Å²) < 4.78 is 30.8. The lowest BCUT2D eigenvalue weighted by Crippen LogP contribution is -2.17. The molecule has 1 aromatic carbocycles. The molecule has 1 rings (SSSR count). The van der Waals surface area contributed by atoms with E-state index in [1.165, 1.54) is 19.2 Å². The summed E-state index contributed by atoms with van der Waals surface area (Å²) in [6, 6.07) is 4.42. The van der Waals surface area contributed by atoms with Gasteiger partial charge in [0, 0.05) is 6.07 Å². The fraction of sp³-hybridized carbons (Fsp3) is 0.500. The average Bonchev–Trinajstić information content (AvgIpc) is 2.29. The predicted molar refractivity (Wildman–Crippen MR) is 71.5 cm³/mol. The van der Waals surface area contributed by atoms with Crippen LogP contribution in [0.5, 0.6) is 11.5 Å². The van der Waals surface area contributed by atoms with Crippen LogP contribution in [0.2, 0.25) is 0 Å². The molecule has 0 heterocycles. The van der Waals surface area contributed by atoms with Gasteiger partial charge in [0.2, 0.25) is 10.0 Å². The Labute approximate surface area is 108 Å². The molecule has 0 aliphatic carbocycles. The first kappa shape index (κ1) is 14.6. The predicted octanol–water partition coefficient (Wildman–Crippen LogP) is 2.19. The summed E-state index contributed by atoms with van der Waals surface area (Å²) in [6.45, 7) is 3.92. The number of methoxy groups -OCH3 is 1. The topological polar surface area (TPSA) is 75.6 Å². The fourth-order valence-electron chi connectivity index (χ4n) is 1.33. The number of nitrogens with one attached hydrogen (secondary N) is 1. The van der Waals surface area contributed by atoms with Crippen LogP contribution in [0.3, 0.4) is 0 Å². The highest BCUT2D eigenvalue weighted by molar-refractivity contribution is 7.92. The molecule has 5 nitrogen and oxygen atoms in total. The number of anilines is 1. The van der Waals surface area contributed by atoms with Crippen LogP contribution in [0, 0.1) is 5.92 Å². The molecular formula is C12H19NO4S. The Hall–Kier alpha value is -1.43. The second-order valence-corrected chi connectivity index (χ2v) is 6.33. The van der Waals surface area contributed by atoms with E-state index in [2.05, 4.69) is 4.72 Å². The molecule has 0 saturated heterocycles. The Bertz CT molecular complexity index is 497. The van der Waals surface area contributed by atoms with Crippen LogP contribution < -0.4 is 9.46 Å². The van der Waals surface area contributed by atoms with E-state index in [1.807, 2.05) is 13.8 Å². The number of hydrogen-bond acceptors (Lipinski definition) is 4. The molecule has 1 aromatic rings. The van der Waals surface area contributed by atoms with Crippen molar-refractivity contribution >= 4 is 15.7 Å². The Morgan fingerprint density at radius 3 is 2.56 bits per heavy atom. The normalized spacial score (nSPS) is 11.6. The Balaban J connectivity index is 2.78. The summed E-state index contributed by atoms with van der Waals surface area (Å²) >= 11 is 0. The van der Waals surface area contributed by atoms with E-state index in [4.69, 9.17) is 4.74 Å². The molecule has 6 heteroatoms. The van der Waals surface area contributed by atoms with Gasteiger partial charge in [-0.15, -0.1) is 0 Å². The van der Waals surface area contributed by atoms with Crippen LogP contribution in [-0.2, 0) is 10.0 Å². The molecule has 0 spiro atoms. The van der Waals surface area contributed by atoms with E-state index in [9.17, 15) is 13.5 Å². The summed E-state index contributed by atoms with van der Waals surface area (Å²) in [5.41, 5.74) is 0.166. The van der Waals surface area contributed by atoms with E-state index < -0.39 is 10.0 Å². The molecule has 102 valence electrons. The lowest BCUT2D eigenvalue weighted by atomic mass is 10.2. The van der Waals surface area contributed by atoms with E-state index in [0.717, 1.165) is 0 Å². The third kappa shape index (κ3) is 4.44. The molecule has 18 heavy (non-hydrogen) atoms. The maximum absolute atomic E-state index is 11.8. The number of aromatic hydroxyl groups is 1. The van der Waals surface area contributed by atoms with Crippen LogP contribution in [0.25, 0.3) is 0 Å². The summed E-state index contributed by atoms with van der Waals surface area (Å²) in [7, 11) is -1.95. The van der Waals surface area contributed by atoms with Gasteiger partial charge in [0.1, 0.15) is 11.5 Å². The fourth-order valence-corrected chi connectivity index (χ4v) is 2.73. The molecule has 0 unspecified atom stereocenters. The van der Waals surface area contributed by atoms with Crippen molar-refractivity contribution in [3.8, 4) is 11.5 Å². The highest BCUT2D eigenvalue weighted by Gasteiger charge is 2.14. The number of rotatable bonds is 6. The van der Waals surface area contributed by atoms with Gasteiger partial charge in [0.15, 0.2) is 0 Å². The van der Waals surface area contributed by atoms with Crippen molar-refractivity contribution in [1.29, 1.82) is 0 Å². The maximum Gasteiger partial charge on any atom is 0.232 e. The van der Waals surface area contributed by atoms with Crippen LogP contribution in [0.1, 0.15) is 20.3 Å². The van der Waals surface area contributed by atoms with E-state index in [-0.39, 0.29) is 17.2 Å². The summed E-state index contributed by atoms with van der Waals surface area (Å²) in [5, 5.41) is 9.66. The molecule has 0 aliphatic heterocycles.